The molecular weight excluding hydrogens is 338 g/mol. The maximum Gasteiger partial charge on any atom is 0.262 e. The molecule has 2 heterocycles. The van der Waals surface area contributed by atoms with Gasteiger partial charge in [0.1, 0.15) is 4.83 Å². The number of aryl methyl sites for hydroxylation is 2. The predicted molar refractivity (Wildman–Crippen MR) is 98.8 cm³/mol. The molecule has 0 bridgehead atoms. The maximum absolute atomic E-state index is 12.8. The lowest BCUT2D eigenvalue weighted by Crippen LogP contribution is -2.29. The second kappa shape index (κ2) is 7.58. The molecule has 3 aromatic rings. The van der Waals surface area contributed by atoms with Crippen LogP contribution in [0, 0.1) is 6.92 Å². The molecule has 1 aromatic carbocycles. The number of nitrogens with one attached hydrogen (secondary N) is 1. The molecule has 2 N–H and O–H groups in total. The summed E-state index contributed by atoms with van der Waals surface area (Å²) in [5, 5.41) is 13.8. The lowest BCUT2D eigenvalue weighted by atomic mass is 10.1. The second-order valence-electron chi connectivity index (χ2n) is 5.76. The Kier molecular flexibility index (Phi) is 5.25. The Morgan fingerprint density at radius 1 is 1.32 bits per heavy atom. The van der Waals surface area contributed by atoms with E-state index >= 15 is 0 Å². The summed E-state index contributed by atoms with van der Waals surface area (Å²) in [5.74, 6) is -0.204. The van der Waals surface area contributed by atoms with Gasteiger partial charge in [0.2, 0.25) is 5.91 Å². The number of carbonyl (C=O) groups is 1. The number of aliphatic hydroxyl groups excluding tert-OH is 1. The third-order valence-electron chi connectivity index (χ3n) is 3.94. The highest BCUT2D eigenvalue weighted by molar-refractivity contribution is 7.17. The van der Waals surface area contributed by atoms with Gasteiger partial charge in [-0.2, -0.15) is 0 Å². The molecule has 0 aliphatic rings. The largest absolute Gasteiger partial charge is 0.395 e. The third kappa shape index (κ3) is 3.78. The van der Waals surface area contributed by atoms with E-state index in [4.69, 9.17) is 5.11 Å². The highest BCUT2D eigenvalue weighted by Gasteiger charge is 2.13. The van der Waals surface area contributed by atoms with Crippen LogP contribution in [0.1, 0.15) is 12.0 Å². The Morgan fingerprint density at radius 3 is 2.80 bits per heavy atom. The van der Waals surface area contributed by atoms with Crippen LogP contribution in [0.25, 0.3) is 21.3 Å². The number of carbonyl (C=O) groups excluding carboxylic acids is 1. The van der Waals surface area contributed by atoms with Crippen LogP contribution in [-0.2, 0) is 11.3 Å². The number of aromatic nitrogens is 2. The van der Waals surface area contributed by atoms with E-state index in [0.717, 1.165) is 16.7 Å². The first kappa shape index (κ1) is 17.3. The normalized spacial score (nSPS) is 11.0. The number of aliphatic hydroxyl groups is 1. The van der Waals surface area contributed by atoms with Crippen LogP contribution in [0.4, 0.5) is 0 Å². The van der Waals surface area contributed by atoms with E-state index in [1.54, 1.807) is 0 Å². The number of rotatable bonds is 6. The van der Waals surface area contributed by atoms with Crippen molar-refractivity contribution in [2.45, 2.75) is 19.9 Å². The molecule has 0 atom stereocenters. The Morgan fingerprint density at radius 2 is 2.08 bits per heavy atom. The first-order valence-electron chi connectivity index (χ1n) is 8.01. The van der Waals surface area contributed by atoms with Gasteiger partial charge in [-0.25, -0.2) is 4.98 Å². The van der Waals surface area contributed by atoms with Gasteiger partial charge < -0.3 is 10.4 Å². The lowest BCUT2D eigenvalue weighted by molar-refractivity contribution is -0.121. The number of hydrogen-bond acceptors (Lipinski definition) is 5. The van der Waals surface area contributed by atoms with Crippen LogP contribution in [-0.4, -0.2) is 33.7 Å². The van der Waals surface area contributed by atoms with Gasteiger partial charge in [0.05, 0.1) is 18.3 Å². The number of fused-ring (bicyclic) bond motifs is 1. The van der Waals surface area contributed by atoms with E-state index in [9.17, 15) is 9.59 Å². The van der Waals surface area contributed by atoms with Gasteiger partial charge in [0.15, 0.2) is 0 Å². The van der Waals surface area contributed by atoms with Gasteiger partial charge in [0, 0.05) is 30.5 Å². The van der Waals surface area contributed by atoms with E-state index in [1.165, 1.54) is 22.2 Å². The van der Waals surface area contributed by atoms with Crippen molar-refractivity contribution in [3.05, 3.63) is 51.9 Å². The summed E-state index contributed by atoms with van der Waals surface area (Å²) in [6.07, 6.45) is 1.65. The van der Waals surface area contributed by atoms with Crippen LogP contribution >= 0.6 is 11.3 Å². The fourth-order valence-corrected chi connectivity index (χ4v) is 3.48. The van der Waals surface area contributed by atoms with Gasteiger partial charge in [-0.15, -0.1) is 11.3 Å². The molecule has 1 amide bonds. The lowest BCUT2D eigenvalue weighted by Gasteiger charge is -2.07. The quantitative estimate of drug-likeness (QED) is 0.706. The zero-order valence-corrected chi connectivity index (χ0v) is 14.7. The van der Waals surface area contributed by atoms with Crippen LogP contribution in [0.2, 0.25) is 0 Å². The summed E-state index contributed by atoms with van der Waals surface area (Å²) in [6, 6.07) is 8.02. The molecule has 2 aromatic heterocycles. The molecule has 0 spiro atoms. The first-order chi connectivity index (χ1) is 12.1. The van der Waals surface area contributed by atoms with Gasteiger partial charge in [-0.05, 0) is 12.5 Å². The van der Waals surface area contributed by atoms with Crippen LogP contribution < -0.4 is 10.9 Å². The topological polar surface area (TPSA) is 84.2 Å². The van der Waals surface area contributed by atoms with Gasteiger partial charge in [-0.3, -0.25) is 14.2 Å². The van der Waals surface area contributed by atoms with Crippen molar-refractivity contribution in [2.24, 2.45) is 0 Å². The van der Waals surface area contributed by atoms with Crippen LogP contribution in [0.5, 0.6) is 0 Å². The highest BCUT2D eigenvalue weighted by atomic mass is 32.1. The van der Waals surface area contributed by atoms with Crippen molar-refractivity contribution in [1.82, 2.24) is 14.9 Å². The summed E-state index contributed by atoms with van der Waals surface area (Å²) in [5.41, 5.74) is 2.87. The maximum atomic E-state index is 12.8. The Bertz CT molecular complexity index is 944. The molecule has 0 radical (unpaired) electrons. The summed E-state index contributed by atoms with van der Waals surface area (Å²) in [4.78, 5) is 29.6. The molecular formula is C18H19N3O3S. The van der Waals surface area contributed by atoms with Gasteiger partial charge >= 0.3 is 0 Å². The van der Waals surface area contributed by atoms with Crippen LogP contribution in [0.15, 0.2) is 40.8 Å². The first-order valence-corrected chi connectivity index (χ1v) is 8.89. The number of benzene rings is 1. The fraction of sp³-hybridized carbons (Fsp3) is 0.278. The van der Waals surface area contributed by atoms with E-state index in [2.05, 4.69) is 10.3 Å². The molecule has 0 saturated carbocycles. The summed E-state index contributed by atoms with van der Waals surface area (Å²) in [7, 11) is 0. The Labute approximate surface area is 148 Å². The number of hydrogen-bond donors (Lipinski definition) is 2. The van der Waals surface area contributed by atoms with Crippen LogP contribution in [0.3, 0.4) is 0 Å². The number of nitrogens with zero attached hydrogens (tertiary/aromatic N) is 2. The third-order valence-corrected chi connectivity index (χ3v) is 4.82. The summed E-state index contributed by atoms with van der Waals surface area (Å²) >= 11 is 1.44. The van der Waals surface area contributed by atoms with E-state index in [1.807, 2.05) is 36.6 Å². The minimum atomic E-state index is -0.204. The van der Waals surface area contributed by atoms with Gasteiger partial charge in [-0.1, -0.05) is 29.8 Å². The van der Waals surface area contributed by atoms with Gasteiger partial charge in [0.25, 0.3) is 5.56 Å². The average Bonchev–Trinajstić information content (AvgIpc) is 3.05. The Hall–Kier alpha value is -2.51. The van der Waals surface area contributed by atoms with Crippen molar-refractivity contribution in [3.8, 4) is 11.1 Å². The highest BCUT2D eigenvalue weighted by Crippen LogP contribution is 2.30. The smallest absolute Gasteiger partial charge is 0.262 e. The molecule has 0 unspecified atom stereocenters. The molecule has 7 heteroatoms. The van der Waals surface area contributed by atoms with Crippen molar-refractivity contribution in [3.63, 3.8) is 0 Å². The molecule has 0 aliphatic carbocycles. The summed E-state index contributed by atoms with van der Waals surface area (Å²) in [6.45, 7) is 2.38. The Balaban J connectivity index is 1.91. The fourth-order valence-electron chi connectivity index (χ4n) is 2.58. The van der Waals surface area contributed by atoms with Crippen molar-refractivity contribution in [2.75, 3.05) is 13.2 Å². The van der Waals surface area contributed by atoms with E-state index in [0.29, 0.717) is 10.2 Å². The molecule has 25 heavy (non-hydrogen) atoms. The molecule has 0 fully saturated rings. The summed E-state index contributed by atoms with van der Waals surface area (Å²) < 4.78 is 1.46. The second-order valence-corrected chi connectivity index (χ2v) is 6.62. The SMILES string of the molecule is Cc1ccc(-c2csc3ncn(CCC(=O)NCCO)c(=O)c23)cc1. The molecule has 6 nitrogen and oxygen atoms in total. The minimum absolute atomic E-state index is 0.103. The molecule has 0 saturated heterocycles. The zero-order valence-electron chi connectivity index (χ0n) is 13.9. The van der Waals surface area contributed by atoms with E-state index < -0.39 is 0 Å². The van der Waals surface area contributed by atoms with Crippen molar-refractivity contribution in [1.29, 1.82) is 0 Å². The monoisotopic (exact) mass is 357 g/mol. The number of amides is 1. The minimum Gasteiger partial charge on any atom is -0.395 e. The number of thiophene rings is 1. The van der Waals surface area contributed by atoms with Crippen molar-refractivity contribution >= 4 is 27.5 Å². The molecule has 0 aliphatic heterocycles. The predicted octanol–water partition coefficient (Wildman–Crippen LogP) is 1.93. The van der Waals surface area contributed by atoms with E-state index in [-0.39, 0.29) is 37.6 Å². The zero-order chi connectivity index (χ0) is 17.8. The van der Waals surface area contributed by atoms with Crippen molar-refractivity contribution < 1.29 is 9.90 Å². The average molecular weight is 357 g/mol. The molecule has 3 rings (SSSR count). The standard InChI is InChI=1S/C18H19N3O3S/c1-12-2-4-13(5-3-12)14-10-25-17-16(14)18(24)21(11-20-17)8-6-15(23)19-7-9-22/h2-5,10-11,22H,6-9H2,1H3,(H,19,23). The molecule has 130 valence electrons.